The number of ether oxygens (including phenoxy) is 1. The van der Waals surface area contributed by atoms with E-state index in [1.807, 2.05) is 60.7 Å². The summed E-state index contributed by atoms with van der Waals surface area (Å²) in [6.07, 6.45) is 0.667. The van der Waals surface area contributed by atoms with Crippen LogP contribution in [0, 0.1) is 0 Å². The zero-order valence-corrected chi connectivity index (χ0v) is 11.0. The summed E-state index contributed by atoms with van der Waals surface area (Å²) in [5.74, 6) is 0.190. The molecule has 100 valence electrons. The maximum absolute atomic E-state index is 11.2. The Balaban J connectivity index is 2.22. The normalized spacial score (nSPS) is 11.4. The lowest BCUT2D eigenvalue weighted by atomic mass is 10.1. The zero-order chi connectivity index (χ0) is 14.2. The van der Waals surface area contributed by atoms with Crippen LogP contribution >= 0.6 is 0 Å². The van der Waals surface area contributed by atoms with Gasteiger partial charge in [-0.3, -0.25) is 9.79 Å². The lowest BCUT2D eigenvalue weighted by molar-refractivity contribution is -0.107. The Bertz CT molecular complexity index is 603. The molecule has 0 aromatic heterocycles. The minimum atomic E-state index is 0.190. The van der Waals surface area contributed by atoms with Crippen molar-refractivity contribution >= 4 is 18.7 Å². The number of benzene rings is 2. The van der Waals surface area contributed by atoms with Crippen molar-refractivity contribution in [3.63, 3.8) is 0 Å². The standard InChI is InChI=1S/C17H15NO2/c1-18-17(15-10-6-3-7-11-15)16(12-19)20-13-14-8-4-2-5-9-14/h2-12H,1,13H2/b17-16-. The number of allylic oxidation sites excluding steroid dienone is 1. The van der Waals surface area contributed by atoms with Crippen molar-refractivity contribution in [2.75, 3.05) is 0 Å². The van der Waals surface area contributed by atoms with Crippen molar-refractivity contribution in [1.29, 1.82) is 0 Å². The van der Waals surface area contributed by atoms with Crippen LogP contribution in [0.4, 0.5) is 0 Å². The van der Waals surface area contributed by atoms with Crippen LogP contribution < -0.4 is 0 Å². The van der Waals surface area contributed by atoms with E-state index in [1.165, 1.54) is 0 Å². The third-order valence-corrected chi connectivity index (χ3v) is 2.78. The van der Waals surface area contributed by atoms with Crippen LogP contribution in [-0.4, -0.2) is 13.0 Å². The van der Waals surface area contributed by atoms with E-state index in [0.29, 0.717) is 18.6 Å². The molecule has 0 N–H and O–H groups in total. The van der Waals surface area contributed by atoms with E-state index in [2.05, 4.69) is 11.7 Å². The monoisotopic (exact) mass is 265 g/mol. The van der Waals surface area contributed by atoms with E-state index in [1.54, 1.807) is 0 Å². The summed E-state index contributed by atoms with van der Waals surface area (Å²) in [5, 5.41) is 0. The van der Waals surface area contributed by atoms with Crippen LogP contribution in [0.2, 0.25) is 0 Å². The van der Waals surface area contributed by atoms with Crippen molar-refractivity contribution in [1.82, 2.24) is 0 Å². The first kappa shape index (κ1) is 13.7. The van der Waals surface area contributed by atoms with E-state index in [9.17, 15) is 4.79 Å². The summed E-state index contributed by atoms with van der Waals surface area (Å²) in [6.45, 7) is 3.83. The summed E-state index contributed by atoms with van der Waals surface area (Å²) < 4.78 is 5.56. The summed E-state index contributed by atoms with van der Waals surface area (Å²) in [5.41, 5.74) is 2.25. The zero-order valence-electron chi connectivity index (χ0n) is 11.0. The predicted octanol–water partition coefficient (Wildman–Crippen LogP) is 3.47. The highest BCUT2D eigenvalue weighted by Crippen LogP contribution is 2.20. The fourth-order valence-corrected chi connectivity index (χ4v) is 1.80. The Labute approximate surface area is 118 Å². The van der Waals surface area contributed by atoms with Gasteiger partial charge in [-0.15, -0.1) is 0 Å². The van der Waals surface area contributed by atoms with E-state index in [0.717, 1.165) is 11.1 Å². The van der Waals surface area contributed by atoms with Crippen molar-refractivity contribution in [3.05, 3.63) is 77.5 Å². The second-order valence-corrected chi connectivity index (χ2v) is 4.13. The summed E-state index contributed by atoms with van der Waals surface area (Å²) >= 11 is 0. The number of aldehydes is 1. The maximum atomic E-state index is 11.2. The minimum absolute atomic E-state index is 0.190. The molecule has 2 aromatic rings. The topological polar surface area (TPSA) is 38.7 Å². The van der Waals surface area contributed by atoms with Gasteiger partial charge in [0, 0.05) is 5.56 Å². The van der Waals surface area contributed by atoms with Crippen molar-refractivity contribution in [3.8, 4) is 0 Å². The Morgan fingerprint density at radius 1 is 1.05 bits per heavy atom. The lowest BCUT2D eigenvalue weighted by Gasteiger charge is -2.09. The Kier molecular flexibility index (Phi) is 4.84. The molecule has 0 bridgehead atoms. The second-order valence-electron chi connectivity index (χ2n) is 4.13. The molecule has 0 aliphatic carbocycles. The molecule has 0 aliphatic heterocycles. The van der Waals surface area contributed by atoms with Gasteiger partial charge in [0.15, 0.2) is 12.0 Å². The first-order chi connectivity index (χ1) is 9.85. The van der Waals surface area contributed by atoms with Crippen LogP contribution in [0.5, 0.6) is 0 Å². The van der Waals surface area contributed by atoms with E-state index in [-0.39, 0.29) is 5.76 Å². The van der Waals surface area contributed by atoms with Crippen LogP contribution in [0.3, 0.4) is 0 Å². The van der Waals surface area contributed by atoms with Crippen LogP contribution in [-0.2, 0) is 16.1 Å². The summed E-state index contributed by atoms with van der Waals surface area (Å²) in [4.78, 5) is 15.1. The molecule has 3 heteroatoms. The molecular formula is C17H15NO2. The van der Waals surface area contributed by atoms with E-state index >= 15 is 0 Å². The fraction of sp³-hybridized carbons (Fsp3) is 0.0588. The van der Waals surface area contributed by atoms with Crippen LogP contribution in [0.15, 0.2) is 71.4 Å². The van der Waals surface area contributed by atoms with Crippen molar-refractivity contribution in [2.24, 2.45) is 4.99 Å². The van der Waals surface area contributed by atoms with Gasteiger partial charge in [0.25, 0.3) is 0 Å². The number of nitrogens with zero attached hydrogens (tertiary/aromatic N) is 1. The first-order valence-corrected chi connectivity index (χ1v) is 6.23. The lowest BCUT2D eigenvalue weighted by Crippen LogP contribution is -1.98. The molecule has 0 heterocycles. The molecule has 3 nitrogen and oxygen atoms in total. The average Bonchev–Trinajstić information content (AvgIpc) is 2.53. The molecule has 0 fully saturated rings. The molecule has 0 unspecified atom stereocenters. The number of rotatable bonds is 6. The van der Waals surface area contributed by atoms with E-state index in [4.69, 9.17) is 4.74 Å². The van der Waals surface area contributed by atoms with Gasteiger partial charge in [0.05, 0.1) is 0 Å². The highest BCUT2D eigenvalue weighted by Gasteiger charge is 2.08. The van der Waals surface area contributed by atoms with Gasteiger partial charge >= 0.3 is 0 Å². The quantitative estimate of drug-likeness (QED) is 0.347. The molecule has 0 spiro atoms. The number of hydrogen-bond donors (Lipinski definition) is 0. The predicted molar refractivity (Wildman–Crippen MR) is 80.2 cm³/mol. The fourth-order valence-electron chi connectivity index (χ4n) is 1.80. The molecule has 0 aliphatic rings. The average molecular weight is 265 g/mol. The molecule has 0 saturated carbocycles. The van der Waals surface area contributed by atoms with E-state index < -0.39 is 0 Å². The first-order valence-electron chi connectivity index (χ1n) is 6.23. The smallest absolute Gasteiger partial charge is 0.186 e. The van der Waals surface area contributed by atoms with Gasteiger partial charge in [-0.2, -0.15) is 0 Å². The van der Waals surface area contributed by atoms with Gasteiger partial charge in [0.1, 0.15) is 12.3 Å². The SMILES string of the molecule is C=N/C(=C(/C=O)OCc1ccccc1)c1ccccc1. The molecular weight excluding hydrogens is 250 g/mol. The van der Waals surface area contributed by atoms with Gasteiger partial charge < -0.3 is 4.74 Å². The number of hydrogen-bond acceptors (Lipinski definition) is 3. The molecule has 0 atom stereocenters. The molecule has 2 rings (SSSR count). The highest BCUT2D eigenvalue weighted by molar-refractivity contribution is 5.86. The van der Waals surface area contributed by atoms with Gasteiger partial charge in [-0.1, -0.05) is 60.7 Å². The number of aliphatic imine (C=N–C) groups is 1. The molecule has 20 heavy (non-hydrogen) atoms. The second kappa shape index (κ2) is 7.04. The number of carbonyl (C=O) groups excluding carboxylic acids is 1. The van der Waals surface area contributed by atoms with Crippen molar-refractivity contribution in [2.45, 2.75) is 6.61 Å². The third kappa shape index (κ3) is 3.42. The molecule has 0 saturated heterocycles. The van der Waals surface area contributed by atoms with Crippen LogP contribution in [0.25, 0.3) is 5.70 Å². The maximum Gasteiger partial charge on any atom is 0.186 e. The Morgan fingerprint density at radius 2 is 1.65 bits per heavy atom. The van der Waals surface area contributed by atoms with Crippen LogP contribution in [0.1, 0.15) is 11.1 Å². The Morgan fingerprint density at radius 3 is 2.20 bits per heavy atom. The van der Waals surface area contributed by atoms with Gasteiger partial charge in [-0.05, 0) is 12.3 Å². The minimum Gasteiger partial charge on any atom is -0.483 e. The highest BCUT2D eigenvalue weighted by atomic mass is 16.5. The van der Waals surface area contributed by atoms with Crippen molar-refractivity contribution < 1.29 is 9.53 Å². The van der Waals surface area contributed by atoms with Gasteiger partial charge in [-0.25, -0.2) is 0 Å². The third-order valence-electron chi connectivity index (χ3n) is 2.78. The number of carbonyl (C=O) groups is 1. The molecule has 0 radical (unpaired) electrons. The Hall–Kier alpha value is -2.68. The van der Waals surface area contributed by atoms with Gasteiger partial charge in [0.2, 0.25) is 0 Å². The summed E-state index contributed by atoms with van der Waals surface area (Å²) in [7, 11) is 0. The molecule has 0 amide bonds. The summed E-state index contributed by atoms with van der Waals surface area (Å²) in [6, 6.07) is 19.0. The molecule has 2 aromatic carbocycles. The largest absolute Gasteiger partial charge is 0.483 e.